The first kappa shape index (κ1) is 18.3. The zero-order valence-electron chi connectivity index (χ0n) is 13.7. The molecule has 0 fully saturated rings. The second kappa shape index (κ2) is 7.69. The molecule has 2 aromatic carbocycles. The zero-order valence-corrected chi connectivity index (χ0v) is 15.2. The molecule has 0 saturated carbocycles. The Balaban J connectivity index is 2.01. The molecule has 2 aromatic rings. The van der Waals surface area contributed by atoms with Crippen molar-refractivity contribution < 1.29 is 9.59 Å². The van der Waals surface area contributed by atoms with Gasteiger partial charge in [-0.25, -0.2) is 0 Å². The summed E-state index contributed by atoms with van der Waals surface area (Å²) in [6, 6.07) is 8.76. The average molecular weight is 365 g/mol. The van der Waals surface area contributed by atoms with Gasteiger partial charge >= 0.3 is 0 Å². The summed E-state index contributed by atoms with van der Waals surface area (Å²) in [5.74, 6) is -0.758. The first-order valence-corrected chi connectivity index (χ1v) is 8.15. The number of carbonyl (C=O) groups is 2. The zero-order chi connectivity index (χ0) is 17.9. The van der Waals surface area contributed by atoms with E-state index in [1.54, 1.807) is 18.2 Å². The maximum absolute atomic E-state index is 12.1. The van der Waals surface area contributed by atoms with Crippen LogP contribution < -0.4 is 10.6 Å². The first-order valence-electron chi connectivity index (χ1n) is 7.39. The Bertz CT molecular complexity index is 781. The smallest absolute Gasteiger partial charge is 0.253 e. The molecule has 0 radical (unpaired) electrons. The summed E-state index contributed by atoms with van der Waals surface area (Å²) in [5.41, 5.74) is 4.09. The van der Waals surface area contributed by atoms with Crippen molar-refractivity contribution in [1.82, 2.24) is 5.32 Å². The van der Waals surface area contributed by atoms with Crippen LogP contribution in [-0.4, -0.2) is 18.4 Å². The van der Waals surface area contributed by atoms with Gasteiger partial charge in [0.1, 0.15) is 0 Å². The lowest BCUT2D eigenvalue weighted by atomic mass is 10.1. The van der Waals surface area contributed by atoms with Gasteiger partial charge in [-0.3, -0.25) is 9.59 Å². The maximum atomic E-state index is 12.1. The molecule has 0 atom stereocenters. The van der Waals surface area contributed by atoms with Crippen LogP contribution >= 0.6 is 23.2 Å². The third kappa shape index (κ3) is 4.28. The molecule has 6 heteroatoms. The molecule has 0 aliphatic heterocycles. The van der Waals surface area contributed by atoms with E-state index in [4.69, 9.17) is 23.2 Å². The number of anilines is 1. The summed E-state index contributed by atoms with van der Waals surface area (Å²) in [4.78, 5) is 24.2. The molecule has 2 rings (SSSR count). The predicted molar refractivity (Wildman–Crippen MR) is 98.1 cm³/mol. The van der Waals surface area contributed by atoms with Gasteiger partial charge in [-0.1, -0.05) is 47.0 Å². The van der Waals surface area contributed by atoms with Gasteiger partial charge in [-0.2, -0.15) is 0 Å². The van der Waals surface area contributed by atoms with E-state index in [9.17, 15) is 9.59 Å². The molecule has 4 nitrogen and oxygen atoms in total. The molecule has 2 amide bonds. The Hall–Kier alpha value is -2.04. The van der Waals surface area contributed by atoms with E-state index < -0.39 is 5.91 Å². The van der Waals surface area contributed by atoms with Crippen LogP contribution in [-0.2, 0) is 4.79 Å². The van der Waals surface area contributed by atoms with Crippen molar-refractivity contribution in [1.29, 1.82) is 0 Å². The van der Waals surface area contributed by atoms with E-state index in [-0.39, 0.29) is 23.0 Å². The molecular weight excluding hydrogens is 347 g/mol. The summed E-state index contributed by atoms with van der Waals surface area (Å²) < 4.78 is 0. The van der Waals surface area contributed by atoms with E-state index >= 15 is 0 Å². The minimum atomic E-state index is -0.449. The molecule has 0 aromatic heterocycles. The van der Waals surface area contributed by atoms with Crippen molar-refractivity contribution in [3.8, 4) is 0 Å². The van der Waals surface area contributed by atoms with Gasteiger partial charge in [0, 0.05) is 5.69 Å². The van der Waals surface area contributed by atoms with Crippen molar-refractivity contribution >= 4 is 40.7 Å². The minimum Gasteiger partial charge on any atom is -0.343 e. The fourth-order valence-electron chi connectivity index (χ4n) is 2.50. The van der Waals surface area contributed by atoms with Gasteiger partial charge in [0.15, 0.2) is 0 Å². The average Bonchev–Trinajstić information content (AvgIpc) is 2.51. The van der Waals surface area contributed by atoms with Crippen molar-refractivity contribution in [3.05, 3.63) is 62.6 Å². The number of benzene rings is 2. The maximum Gasteiger partial charge on any atom is 0.253 e. The number of hydrogen-bond acceptors (Lipinski definition) is 2. The van der Waals surface area contributed by atoms with Gasteiger partial charge in [0.05, 0.1) is 22.2 Å². The van der Waals surface area contributed by atoms with Crippen LogP contribution in [0.5, 0.6) is 0 Å². The molecule has 0 saturated heterocycles. The van der Waals surface area contributed by atoms with Crippen LogP contribution in [0.2, 0.25) is 10.0 Å². The number of carbonyl (C=O) groups excluding carboxylic acids is 2. The van der Waals surface area contributed by atoms with E-state index in [0.29, 0.717) is 5.02 Å². The van der Waals surface area contributed by atoms with Crippen LogP contribution in [0.3, 0.4) is 0 Å². The molecule has 0 aliphatic rings. The van der Waals surface area contributed by atoms with Crippen molar-refractivity contribution in [2.45, 2.75) is 20.8 Å². The second-order valence-corrected chi connectivity index (χ2v) is 6.39. The molecule has 126 valence electrons. The van der Waals surface area contributed by atoms with Gasteiger partial charge < -0.3 is 10.6 Å². The summed E-state index contributed by atoms with van der Waals surface area (Å²) in [7, 11) is 0. The van der Waals surface area contributed by atoms with E-state index in [0.717, 1.165) is 22.4 Å². The Kier molecular flexibility index (Phi) is 5.86. The lowest BCUT2D eigenvalue weighted by Gasteiger charge is -2.13. The quantitative estimate of drug-likeness (QED) is 0.849. The summed E-state index contributed by atoms with van der Waals surface area (Å²) >= 11 is 11.9. The highest BCUT2D eigenvalue weighted by Crippen LogP contribution is 2.25. The lowest BCUT2D eigenvalue weighted by molar-refractivity contribution is -0.115. The van der Waals surface area contributed by atoms with E-state index in [1.807, 2.05) is 32.9 Å². The highest BCUT2D eigenvalue weighted by Gasteiger charge is 2.14. The van der Waals surface area contributed by atoms with Gasteiger partial charge in [-0.15, -0.1) is 0 Å². The summed E-state index contributed by atoms with van der Waals surface area (Å²) in [6.45, 7) is 5.70. The summed E-state index contributed by atoms with van der Waals surface area (Å²) in [5, 5.41) is 5.83. The van der Waals surface area contributed by atoms with Crippen LogP contribution in [0.15, 0.2) is 30.3 Å². The van der Waals surface area contributed by atoms with Crippen molar-refractivity contribution in [2.75, 3.05) is 11.9 Å². The van der Waals surface area contributed by atoms with Crippen LogP contribution in [0.1, 0.15) is 27.0 Å². The third-order valence-corrected chi connectivity index (χ3v) is 4.37. The molecule has 2 N–H and O–H groups in total. The topological polar surface area (TPSA) is 58.2 Å². The minimum absolute atomic E-state index is 0.158. The first-order chi connectivity index (χ1) is 11.3. The van der Waals surface area contributed by atoms with Crippen LogP contribution in [0.4, 0.5) is 5.69 Å². The Morgan fingerprint density at radius 3 is 2.29 bits per heavy atom. The molecular formula is C18H18Cl2N2O2. The molecule has 0 spiro atoms. The van der Waals surface area contributed by atoms with Crippen molar-refractivity contribution in [3.63, 3.8) is 0 Å². The second-order valence-electron chi connectivity index (χ2n) is 5.61. The fourth-order valence-corrected chi connectivity index (χ4v) is 2.88. The number of nitrogens with one attached hydrogen (secondary N) is 2. The van der Waals surface area contributed by atoms with Crippen LogP contribution in [0.25, 0.3) is 0 Å². The SMILES string of the molecule is Cc1cc(C)c(NC(=O)CNC(=O)c2cccc(Cl)c2Cl)c(C)c1. The molecule has 0 heterocycles. The number of rotatable bonds is 4. The fraction of sp³-hybridized carbons (Fsp3) is 0.222. The monoisotopic (exact) mass is 364 g/mol. The number of aryl methyl sites for hydroxylation is 3. The van der Waals surface area contributed by atoms with Crippen LogP contribution in [0, 0.1) is 20.8 Å². The van der Waals surface area contributed by atoms with Gasteiger partial charge in [-0.05, 0) is 44.0 Å². The number of amides is 2. The largest absolute Gasteiger partial charge is 0.343 e. The predicted octanol–water partition coefficient (Wildman–Crippen LogP) is 4.29. The molecule has 0 unspecified atom stereocenters. The highest BCUT2D eigenvalue weighted by atomic mass is 35.5. The normalized spacial score (nSPS) is 10.4. The number of hydrogen-bond donors (Lipinski definition) is 2. The van der Waals surface area contributed by atoms with E-state index in [2.05, 4.69) is 10.6 Å². The molecule has 24 heavy (non-hydrogen) atoms. The Morgan fingerprint density at radius 1 is 1.04 bits per heavy atom. The number of halogens is 2. The Morgan fingerprint density at radius 2 is 1.67 bits per heavy atom. The Labute approximate surface area is 151 Å². The summed E-state index contributed by atoms with van der Waals surface area (Å²) in [6.07, 6.45) is 0. The van der Waals surface area contributed by atoms with Crippen molar-refractivity contribution in [2.24, 2.45) is 0 Å². The highest BCUT2D eigenvalue weighted by molar-refractivity contribution is 6.43. The molecule has 0 bridgehead atoms. The van der Waals surface area contributed by atoms with Gasteiger partial charge in [0.25, 0.3) is 5.91 Å². The third-order valence-electron chi connectivity index (χ3n) is 3.55. The van der Waals surface area contributed by atoms with E-state index in [1.165, 1.54) is 0 Å². The lowest BCUT2D eigenvalue weighted by Crippen LogP contribution is -2.33. The molecule has 0 aliphatic carbocycles. The standard InChI is InChI=1S/C18H18Cl2N2O2/c1-10-7-11(2)17(12(3)8-10)22-15(23)9-21-18(24)13-5-4-6-14(19)16(13)20/h4-8H,9H2,1-3H3,(H,21,24)(H,22,23). The van der Waals surface area contributed by atoms with Gasteiger partial charge in [0.2, 0.25) is 5.91 Å².